The number of ether oxygens (including phenoxy) is 3. The van der Waals surface area contributed by atoms with Gasteiger partial charge < -0.3 is 14.2 Å². The number of fused-ring (bicyclic) bond motifs is 1. The van der Waals surface area contributed by atoms with Gasteiger partial charge in [-0.15, -0.1) is 0 Å². The Kier molecular flexibility index (Phi) is 5.91. The van der Waals surface area contributed by atoms with Crippen LogP contribution in [0, 0.1) is 0 Å². The van der Waals surface area contributed by atoms with E-state index in [2.05, 4.69) is 6.92 Å². The third kappa shape index (κ3) is 4.76. The summed E-state index contributed by atoms with van der Waals surface area (Å²) in [5.41, 5.74) is 2.47. The summed E-state index contributed by atoms with van der Waals surface area (Å²) in [6, 6.07) is 12.7. The second-order valence-electron chi connectivity index (χ2n) is 6.23. The van der Waals surface area contributed by atoms with Crippen LogP contribution in [0.2, 0.25) is 0 Å². The van der Waals surface area contributed by atoms with Gasteiger partial charge in [-0.25, -0.2) is 4.79 Å². The van der Waals surface area contributed by atoms with Gasteiger partial charge in [0.1, 0.15) is 13.2 Å². The number of Topliss-reactive ketones (excluding diaryl/α,β-unsaturated/α-hetero) is 1. The molecule has 1 aliphatic rings. The number of aryl methyl sites for hydroxylation is 1. The lowest BCUT2D eigenvalue weighted by molar-refractivity contribution is -0.140. The third-order valence-electron chi connectivity index (χ3n) is 4.29. The highest BCUT2D eigenvalue weighted by atomic mass is 16.6. The average molecular weight is 366 g/mol. The van der Waals surface area contributed by atoms with Crippen molar-refractivity contribution in [3.63, 3.8) is 0 Å². The van der Waals surface area contributed by atoms with E-state index < -0.39 is 12.1 Å². The van der Waals surface area contributed by atoms with E-state index in [1.807, 2.05) is 18.2 Å². The number of carbonyl (C=O) groups excluding carboxylic acids is 2. The molecule has 1 atom stereocenters. The topological polar surface area (TPSA) is 61.8 Å². The lowest BCUT2D eigenvalue weighted by atomic mass is 10.0. The Morgan fingerprint density at radius 1 is 1.07 bits per heavy atom. The summed E-state index contributed by atoms with van der Waals surface area (Å²) in [5.74, 6) is 0.541. The van der Waals surface area contributed by atoms with Gasteiger partial charge in [0.15, 0.2) is 17.6 Å². The Balaban J connectivity index is 1.59. The Labute approximate surface area is 158 Å². The van der Waals surface area contributed by atoms with Gasteiger partial charge in [0, 0.05) is 11.6 Å². The molecular weight excluding hydrogens is 344 g/mol. The number of hydrogen-bond donors (Lipinski definition) is 0. The number of benzene rings is 2. The molecule has 0 saturated heterocycles. The standard InChI is InChI=1S/C22H22O5/c1-3-16-4-8-18(9-5-16)22(24)15(2)27-21(23)11-7-17-6-10-19-20(14-17)26-13-12-25-19/h4-11,14-15H,3,12-13H2,1-2H3/b11-7+/t15-/m0/s1. The molecule has 0 fully saturated rings. The van der Waals surface area contributed by atoms with Crippen LogP contribution in [0.5, 0.6) is 11.5 Å². The minimum atomic E-state index is -0.852. The second kappa shape index (κ2) is 8.54. The molecule has 0 amide bonds. The van der Waals surface area contributed by atoms with Crippen molar-refractivity contribution in [2.45, 2.75) is 26.4 Å². The Morgan fingerprint density at radius 2 is 1.78 bits per heavy atom. The van der Waals surface area contributed by atoms with Crippen LogP contribution in [0.1, 0.15) is 35.3 Å². The molecule has 5 heteroatoms. The molecule has 2 aromatic rings. The summed E-state index contributed by atoms with van der Waals surface area (Å²) >= 11 is 0. The van der Waals surface area contributed by atoms with Crippen LogP contribution in [-0.4, -0.2) is 31.1 Å². The van der Waals surface area contributed by atoms with Gasteiger partial charge >= 0.3 is 5.97 Å². The SMILES string of the molecule is CCc1ccc(C(=O)[C@H](C)OC(=O)/C=C/c2ccc3c(c2)OCCO3)cc1. The molecule has 0 aliphatic carbocycles. The zero-order chi connectivity index (χ0) is 19.2. The van der Waals surface area contributed by atoms with Gasteiger partial charge in [-0.05, 0) is 42.7 Å². The summed E-state index contributed by atoms with van der Waals surface area (Å²) in [4.78, 5) is 24.4. The Hall–Kier alpha value is -3.08. The first-order valence-corrected chi connectivity index (χ1v) is 8.98. The molecule has 0 N–H and O–H groups in total. The number of rotatable bonds is 6. The predicted molar refractivity (Wildman–Crippen MR) is 102 cm³/mol. The van der Waals surface area contributed by atoms with Crippen molar-refractivity contribution in [3.05, 3.63) is 65.2 Å². The molecule has 0 unspecified atom stereocenters. The molecule has 0 bridgehead atoms. The number of esters is 1. The van der Waals surface area contributed by atoms with E-state index in [9.17, 15) is 9.59 Å². The lowest BCUT2D eigenvalue weighted by Crippen LogP contribution is -2.23. The summed E-state index contributed by atoms with van der Waals surface area (Å²) < 4.78 is 16.2. The van der Waals surface area contributed by atoms with Crippen LogP contribution in [0.4, 0.5) is 0 Å². The first kappa shape index (κ1) is 18.7. The molecule has 0 aromatic heterocycles. The summed E-state index contributed by atoms with van der Waals surface area (Å²) in [6.07, 6.45) is 2.97. The van der Waals surface area contributed by atoms with E-state index in [1.54, 1.807) is 37.3 Å². The fourth-order valence-corrected chi connectivity index (χ4v) is 2.73. The van der Waals surface area contributed by atoms with Crippen LogP contribution in [0.3, 0.4) is 0 Å². The highest BCUT2D eigenvalue weighted by Crippen LogP contribution is 2.31. The van der Waals surface area contributed by atoms with Crippen molar-refractivity contribution in [2.24, 2.45) is 0 Å². The zero-order valence-electron chi connectivity index (χ0n) is 15.4. The maximum absolute atomic E-state index is 12.4. The summed E-state index contributed by atoms with van der Waals surface area (Å²) in [5, 5.41) is 0. The maximum Gasteiger partial charge on any atom is 0.331 e. The zero-order valence-corrected chi connectivity index (χ0v) is 15.4. The van der Waals surface area contributed by atoms with Gasteiger partial charge in [0.2, 0.25) is 5.78 Å². The van der Waals surface area contributed by atoms with Crippen LogP contribution in [0.25, 0.3) is 6.08 Å². The van der Waals surface area contributed by atoms with Crippen LogP contribution >= 0.6 is 0 Å². The minimum Gasteiger partial charge on any atom is -0.486 e. The second-order valence-corrected chi connectivity index (χ2v) is 6.23. The minimum absolute atomic E-state index is 0.223. The molecule has 2 aromatic carbocycles. The van der Waals surface area contributed by atoms with Crippen molar-refractivity contribution in [1.29, 1.82) is 0 Å². The van der Waals surface area contributed by atoms with E-state index >= 15 is 0 Å². The molecule has 27 heavy (non-hydrogen) atoms. The molecule has 1 heterocycles. The largest absolute Gasteiger partial charge is 0.486 e. The van der Waals surface area contributed by atoms with Gasteiger partial charge in [0.05, 0.1) is 0 Å². The molecule has 0 radical (unpaired) electrons. The molecule has 140 valence electrons. The molecule has 3 rings (SSSR count). The van der Waals surface area contributed by atoms with Crippen molar-refractivity contribution in [2.75, 3.05) is 13.2 Å². The van der Waals surface area contributed by atoms with E-state index in [1.165, 1.54) is 6.08 Å². The van der Waals surface area contributed by atoms with Crippen molar-refractivity contribution in [1.82, 2.24) is 0 Å². The third-order valence-corrected chi connectivity index (χ3v) is 4.29. The molecular formula is C22H22O5. The first-order chi connectivity index (χ1) is 13.1. The van der Waals surface area contributed by atoms with Crippen LogP contribution in [0.15, 0.2) is 48.5 Å². The van der Waals surface area contributed by atoms with Crippen molar-refractivity contribution < 1.29 is 23.8 Å². The van der Waals surface area contributed by atoms with Crippen LogP contribution in [-0.2, 0) is 16.0 Å². The van der Waals surface area contributed by atoms with E-state index in [-0.39, 0.29) is 5.78 Å². The lowest BCUT2D eigenvalue weighted by Gasteiger charge is -2.18. The Morgan fingerprint density at radius 3 is 2.48 bits per heavy atom. The summed E-state index contributed by atoms with van der Waals surface area (Å²) in [6.45, 7) is 4.66. The fourth-order valence-electron chi connectivity index (χ4n) is 2.73. The number of carbonyl (C=O) groups is 2. The van der Waals surface area contributed by atoms with Gasteiger partial charge in [-0.3, -0.25) is 4.79 Å². The Bertz CT molecular complexity index is 852. The highest BCUT2D eigenvalue weighted by molar-refractivity contribution is 6.01. The summed E-state index contributed by atoms with van der Waals surface area (Å²) in [7, 11) is 0. The van der Waals surface area contributed by atoms with Gasteiger partial charge in [-0.2, -0.15) is 0 Å². The van der Waals surface area contributed by atoms with E-state index in [4.69, 9.17) is 14.2 Å². The van der Waals surface area contributed by atoms with Crippen molar-refractivity contribution >= 4 is 17.8 Å². The molecule has 5 nitrogen and oxygen atoms in total. The highest BCUT2D eigenvalue weighted by Gasteiger charge is 2.18. The normalized spacial score (nSPS) is 14.0. The number of hydrogen-bond acceptors (Lipinski definition) is 5. The smallest absolute Gasteiger partial charge is 0.331 e. The average Bonchev–Trinajstić information content (AvgIpc) is 2.71. The van der Waals surface area contributed by atoms with Gasteiger partial charge in [0.25, 0.3) is 0 Å². The quantitative estimate of drug-likeness (QED) is 0.441. The molecule has 0 spiro atoms. The fraction of sp³-hybridized carbons (Fsp3) is 0.273. The van der Waals surface area contributed by atoms with Gasteiger partial charge in [-0.1, -0.05) is 37.3 Å². The molecule has 0 saturated carbocycles. The van der Waals surface area contributed by atoms with E-state index in [0.29, 0.717) is 30.3 Å². The maximum atomic E-state index is 12.4. The monoisotopic (exact) mass is 366 g/mol. The van der Waals surface area contributed by atoms with Crippen LogP contribution < -0.4 is 9.47 Å². The first-order valence-electron chi connectivity index (χ1n) is 8.98. The number of ketones is 1. The van der Waals surface area contributed by atoms with Crippen molar-refractivity contribution in [3.8, 4) is 11.5 Å². The van der Waals surface area contributed by atoms with E-state index in [0.717, 1.165) is 17.5 Å². The predicted octanol–water partition coefficient (Wildman–Crippen LogP) is 3.85. The molecule has 1 aliphatic heterocycles.